The second-order valence-corrected chi connectivity index (χ2v) is 6.46. The zero-order valence-electron chi connectivity index (χ0n) is 14.4. The normalized spacial score (nSPS) is 12.7. The average molecular weight is 303 g/mol. The topological polar surface area (TPSA) is 42.2 Å². The lowest BCUT2D eigenvalue weighted by Crippen LogP contribution is -2.24. The lowest BCUT2D eigenvalue weighted by Gasteiger charge is -2.25. The minimum absolute atomic E-state index is 0.00649. The van der Waals surface area contributed by atoms with Crippen molar-refractivity contribution in [2.45, 2.75) is 59.0 Å². The Hall–Kier alpha value is -1.53. The van der Waals surface area contributed by atoms with Crippen LogP contribution in [-0.2, 0) is 4.74 Å². The molecule has 0 spiro atoms. The van der Waals surface area contributed by atoms with E-state index in [0.717, 1.165) is 31.8 Å². The number of ether oxygens (including phenoxy) is 2. The number of rotatable bonds is 10. The van der Waals surface area contributed by atoms with Gasteiger partial charge >= 0.3 is 0 Å². The van der Waals surface area contributed by atoms with Gasteiger partial charge in [-0.25, -0.2) is 0 Å². The SMILES string of the molecule is CCOC(C)(C)CCCC(C)CCOc1ccc(C#N)cc1. The predicted octanol–water partition coefficient (Wildman–Crippen LogP) is 4.95. The lowest BCUT2D eigenvalue weighted by atomic mass is 9.95. The Labute approximate surface area is 135 Å². The van der Waals surface area contributed by atoms with Crippen molar-refractivity contribution in [2.75, 3.05) is 13.2 Å². The third-order valence-corrected chi connectivity index (χ3v) is 3.87. The number of benzene rings is 1. The summed E-state index contributed by atoms with van der Waals surface area (Å²) in [5.74, 6) is 1.49. The standard InChI is InChI=1S/C19H29NO2/c1-5-22-19(3,4)13-6-7-16(2)12-14-21-18-10-8-17(15-20)9-11-18/h8-11,16H,5-7,12-14H2,1-4H3. The van der Waals surface area contributed by atoms with Crippen molar-refractivity contribution in [2.24, 2.45) is 5.92 Å². The van der Waals surface area contributed by atoms with Crippen LogP contribution in [0.2, 0.25) is 0 Å². The van der Waals surface area contributed by atoms with Crippen LogP contribution in [0.5, 0.6) is 5.75 Å². The molecule has 0 N–H and O–H groups in total. The first-order valence-corrected chi connectivity index (χ1v) is 8.24. The quantitative estimate of drug-likeness (QED) is 0.614. The fourth-order valence-electron chi connectivity index (χ4n) is 2.49. The molecule has 0 radical (unpaired) electrons. The van der Waals surface area contributed by atoms with Crippen molar-refractivity contribution >= 4 is 0 Å². The molecule has 1 aromatic carbocycles. The molecular formula is C19H29NO2. The summed E-state index contributed by atoms with van der Waals surface area (Å²) in [5.41, 5.74) is 0.658. The molecule has 0 aliphatic carbocycles. The summed E-state index contributed by atoms with van der Waals surface area (Å²) in [5, 5.41) is 8.75. The smallest absolute Gasteiger partial charge is 0.119 e. The number of hydrogen-bond acceptors (Lipinski definition) is 3. The van der Waals surface area contributed by atoms with Crippen LogP contribution in [-0.4, -0.2) is 18.8 Å². The van der Waals surface area contributed by atoms with E-state index in [9.17, 15) is 0 Å². The average Bonchev–Trinajstić information content (AvgIpc) is 2.47. The molecule has 122 valence electrons. The second kappa shape index (κ2) is 9.48. The molecule has 0 heterocycles. The molecule has 0 aliphatic rings. The third-order valence-electron chi connectivity index (χ3n) is 3.87. The van der Waals surface area contributed by atoms with Crippen LogP contribution < -0.4 is 4.74 Å². The monoisotopic (exact) mass is 303 g/mol. The van der Waals surface area contributed by atoms with E-state index in [-0.39, 0.29) is 5.60 Å². The summed E-state index contributed by atoms with van der Waals surface area (Å²) in [7, 11) is 0. The highest BCUT2D eigenvalue weighted by atomic mass is 16.5. The number of hydrogen-bond donors (Lipinski definition) is 0. The molecule has 3 heteroatoms. The molecule has 1 atom stereocenters. The highest BCUT2D eigenvalue weighted by Crippen LogP contribution is 2.21. The summed E-state index contributed by atoms with van der Waals surface area (Å²) >= 11 is 0. The molecule has 1 unspecified atom stereocenters. The van der Waals surface area contributed by atoms with Crippen molar-refractivity contribution in [3.8, 4) is 11.8 Å². The largest absolute Gasteiger partial charge is 0.494 e. The van der Waals surface area contributed by atoms with Crippen LogP contribution in [0.4, 0.5) is 0 Å². The summed E-state index contributed by atoms with van der Waals surface area (Å²) < 4.78 is 11.4. The van der Waals surface area contributed by atoms with Crippen LogP contribution >= 0.6 is 0 Å². The van der Waals surface area contributed by atoms with Gasteiger partial charge in [-0.3, -0.25) is 0 Å². The zero-order chi connectivity index (χ0) is 16.4. The summed E-state index contributed by atoms with van der Waals surface area (Å²) in [6, 6.07) is 9.39. The molecule has 0 amide bonds. The van der Waals surface area contributed by atoms with E-state index < -0.39 is 0 Å². The third kappa shape index (κ3) is 7.47. The maximum atomic E-state index is 8.75. The Morgan fingerprint density at radius 2 is 1.86 bits per heavy atom. The van der Waals surface area contributed by atoms with Crippen LogP contribution in [0.1, 0.15) is 58.9 Å². The Morgan fingerprint density at radius 3 is 2.45 bits per heavy atom. The van der Waals surface area contributed by atoms with E-state index in [4.69, 9.17) is 14.7 Å². The van der Waals surface area contributed by atoms with Gasteiger partial charge in [0.25, 0.3) is 0 Å². The van der Waals surface area contributed by atoms with E-state index in [1.54, 1.807) is 12.1 Å². The lowest BCUT2D eigenvalue weighted by molar-refractivity contribution is -0.0183. The zero-order valence-corrected chi connectivity index (χ0v) is 14.4. The predicted molar refractivity (Wildman–Crippen MR) is 90.0 cm³/mol. The number of nitriles is 1. The minimum Gasteiger partial charge on any atom is -0.494 e. The highest BCUT2D eigenvalue weighted by molar-refractivity contribution is 5.34. The first kappa shape index (κ1) is 18.5. The van der Waals surface area contributed by atoms with Gasteiger partial charge in [-0.2, -0.15) is 5.26 Å². The van der Waals surface area contributed by atoms with E-state index in [2.05, 4.69) is 26.8 Å². The van der Waals surface area contributed by atoms with Crippen molar-refractivity contribution < 1.29 is 9.47 Å². The van der Waals surface area contributed by atoms with Crippen LogP contribution in [0.25, 0.3) is 0 Å². The van der Waals surface area contributed by atoms with Gasteiger partial charge in [0.05, 0.1) is 23.8 Å². The van der Waals surface area contributed by atoms with Gasteiger partial charge in [0.1, 0.15) is 5.75 Å². The van der Waals surface area contributed by atoms with Gasteiger partial charge in [-0.1, -0.05) is 19.8 Å². The highest BCUT2D eigenvalue weighted by Gasteiger charge is 2.17. The molecule has 0 saturated carbocycles. The fraction of sp³-hybridized carbons (Fsp3) is 0.632. The van der Waals surface area contributed by atoms with Crippen LogP contribution in [0.3, 0.4) is 0 Å². The molecular weight excluding hydrogens is 274 g/mol. The van der Waals surface area contributed by atoms with Crippen LogP contribution in [0.15, 0.2) is 24.3 Å². The molecule has 3 nitrogen and oxygen atoms in total. The minimum atomic E-state index is -0.00649. The number of nitrogens with zero attached hydrogens (tertiary/aromatic N) is 1. The molecule has 0 aliphatic heterocycles. The molecule has 0 aromatic heterocycles. The summed E-state index contributed by atoms with van der Waals surface area (Å²) in [6.07, 6.45) is 4.54. The van der Waals surface area contributed by atoms with E-state index in [1.165, 1.54) is 12.8 Å². The van der Waals surface area contributed by atoms with Crippen LogP contribution in [0, 0.1) is 17.2 Å². The first-order chi connectivity index (χ1) is 10.5. The molecule has 1 rings (SSSR count). The van der Waals surface area contributed by atoms with E-state index >= 15 is 0 Å². The maximum absolute atomic E-state index is 8.75. The van der Waals surface area contributed by atoms with Crippen molar-refractivity contribution in [1.82, 2.24) is 0 Å². The van der Waals surface area contributed by atoms with Crippen molar-refractivity contribution in [1.29, 1.82) is 5.26 Å². The molecule has 22 heavy (non-hydrogen) atoms. The van der Waals surface area contributed by atoms with Gasteiger partial charge in [-0.15, -0.1) is 0 Å². The van der Waals surface area contributed by atoms with Gasteiger partial charge in [0.15, 0.2) is 0 Å². The first-order valence-electron chi connectivity index (χ1n) is 8.24. The molecule has 0 bridgehead atoms. The fourth-order valence-corrected chi connectivity index (χ4v) is 2.49. The van der Waals surface area contributed by atoms with E-state index in [1.807, 2.05) is 19.1 Å². The summed E-state index contributed by atoms with van der Waals surface area (Å²) in [4.78, 5) is 0. The molecule has 0 saturated heterocycles. The van der Waals surface area contributed by atoms with Gasteiger partial charge < -0.3 is 9.47 Å². The Bertz CT molecular complexity index is 459. The van der Waals surface area contributed by atoms with Gasteiger partial charge in [-0.05, 0) is 63.8 Å². The van der Waals surface area contributed by atoms with Gasteiger partial charge in [0, 0.05) is 6.61 Å². The molecule has 1 aromatic rings. The molecule has 0 fully saturated rings. The Morgan fingerprint density at radius 1 is 1.18 bits per heavy atom. The van der Waals surface area contributed by atoms with E-state index in [0.29, 0.717) is 11.5 Å². The summed E-state index contributed by atoms with van der Waals surface area (Å²) in [6.45, 7) is 10.1. The van der Waals surface area contributed by atoms with Crippen molar-refractivity contribution in [3.05, 3.63) is 29.8 Å². The maximum Gasteiger partial charge on any atom is 0.119 e. The Kier molecular flexibility index (Phi) is 7.98. The van der Waals surface area contributed by atoms with Gasteiger partial charge in [0.2, 0.25) is 0 Å². The Balaban J connectivity index is 2.17. The second-order valence-electron chi connectivity index (χ2n) is 6.46. The van der Waals surface area contributed by atoms with Crippen molar-refractivity contribution in [3.63, 3.8) is 0 Å².